The molecular formula is C10H18N4. The first kappa shape index (κ1) is 10.9. The predicted molar refractivity (Wildman–Crippen MR) is 58.0 cm³/mol. The number of hydrogen-bond acceptors (Lipinski definition) is 4. The molecule has 0 radical (unpaired) electrons. The maximum atomic E-state index is 5.77. The molecule has 0 unspecified atom stereocenters. The lowest BCUT2D eigenvalue weighted by molar-refractivity contribution is 0.443. The van der Waals surface area contributed by atoms with Crippen LogP contribution in [0.3, 0.4) is 0 Å². The Morgan fingerprint density at radius 2 is 2.07 bits per heavy atom. The molecule has 3 N–H and O–H groups in total. The minimum atomic E-state index is -0.0456. The average molecular weight is 194 g/mol. The van der Waals surface area contributed by atoms with E-state index in [4.69, 9.17) is 5.73 Å². The van der Waals surface area contributed by atoms with Crippen LogP contribution < -0.4 is 11.1 Å². The van der Waals surface area contributed by atoms with Gasteiger partial charge in [-0.05, 0) is 12.8 Å². The third-order valence-electron chi connectivity index (χ3n) is 2.70. The van der Waals surface area contributed by atoms with Crippen molar-refractivity contribution in [1.82, 2.24) is 9.97 Å². The molecule has 0 aliphatic heterocycles. The van der Waals surface area contributed by atoms with E-state index in [-0.39, 0.29) is 5.54 Å². The summed E-state index contributed by atoms with van der Waals surface area (Å²) in [5.41, 5.74) is 5.72. The zero-order valence-corrected chi connectivity index (χ0v) is 8.83. The monoisotopic (exact) mass is 194 g/mol. The van der Waals surface area contributed by atoms with E-state index in [0.29, 0.717) is 6.54 Å². The van der Waals surface area contributed by atoms with Crippen LogP contribution in [0.1, 0.15) is 26.7 Å². The summed E-state index contributed by atoms with van der Waals surface area (Å²) >= 11 is 0. The largest absolute Gasteiger partial charge is 0.362 e. The van der Waals surface area contributed by atoms with Crippen LogP contribution in [0.25, 0.3) is 0 Å². The number of nitrogens with one attached hydrogen (secondary N) is 1. The van der Waals surface area contributed by atoms with Crippen LogP contribution in [0.15, 0.2) is 18.6 Å². The van der Waals surface area contributed by atoms with Crippen LogP contribution >= 0.6 is 0 Å². The maximum absolute atomic E-state index is 5.77. The van der Waals surface area contributed by atoms with E-state index < -0.39 is 0 Å². The predicted octanol–water partition coefficient (Wildman–Crippen LogP) is 1.41. The highest BCUT2D eigenvalue weighted by atomic mass is 15.1. The summed E-state index contributed by atoms with van der Waals surface area (Å²) < 4.78 is 0. The molecule has 1 aromatic heterocycles. The van der Waals surface area contributed by atoms with E-state index in [2.05, 4.69) is 29.1 Å². The fraction of sp³-hybridized carbons (Fsp3) is 0.600. The van der Waals surface area contributed by atoms with Gasteiger partial charge in [-0.25, -0.2) is 4.98 Å². The Morgan fingerprint density at radius 3 is 2.50 bits per heavy atom. The van der Waals surface area contributed by atoms with Crippen molar-refractivity contribution in [1.29, 1.82) is 0 Å². The second-order valence-electron chi connectivity index (χ2n) is 3.41. The van der Waals surface area contributed by atoms with Gasteiger partial charge in [0.1, 0.15) is 5.82 Å². The normalized spacial score (nSPS) is 11.4. The minimum Gasteiger partial charge on any atom is -0.362 e. The van der Waals surface area contributed by atoms with Crippen molar-refractivity contribution >= 4 is 5.82 Å². The number of nitrogens with zero attached hydrogens (tertiary/aromatic N) is 2. The van der Waals surface area contributed by atoms with Crippen molar-refractivity contribution in [2.45, 2.75) is 32.2 Å². The summed E-state index contributed by atoms with van der Waals surface area (Å²) in [6.45, 7) is 4.86. The number of aromatic nitrogens is 2. The van der Waals surface area contributed by atoms with Crippen LogP contribution in [0.5, 0.6) is 0 Å². The Bertz CT molecular complexity index is 248. The molecule has 0 aliphatic carbocycles. The highest BCUT2D eigenvalue weighted by molar-refractivity contribution is 5.34. The molecule has 1 aromatic rings. The summed E-state index contributed by atoms with van der Waals surface area (Å²) in [7, 11) is 0. The molecule has 4 nitrogen and oxygen atoms in total. The van der Waals surface area contributed by atoms with Gasteiger partial charge >= 0.3 is 0 Å². The third kappa shape index (κ3) is 2.42. The lowest BCUT2D eigenvalue weighted by Crippen LogP contribution is -2.44. The molecule has 1 rings (SSSR count). The zero-order valence-electron chi connectivity index (χ0n) is 8.83. The highest BCUT2D eigenvalue weighted by Crippen LogP contribution is 2.18. The maximum Gasteiger partial charge on any atom is 0.144 e. The molecule has 0 saturated heterocycles. The van der Waals surface area contributed by atoms with Crippen LogP contribution in [-0.2, 0) is 0 Å². The molecule has 0 aromatic carbocycles. The van der Waals surface area contributed by atoms with Crippen molar-refractivity contribution in [2.75, 3.05) is 11.9 Å². The van der Waals surface area contributed by atoms with Crippen molar-refractivity contribution in [2.24, 2.45) is 5.73 Å². The van der Waals surface area contributed by atoms with E-state index in [0.717, 1.165) is 18.7 Å². The quantitative estimate of drug-likeness (QED) is 0.743. The number of anilines is 1. The molecule has 1 heterocycles. The molecular weight excluding hydrogens is 176 g/mol. The van der Waals surface area contributed by atoms with Gasteiger partial charge in [0.25, 0.3) is 0 Å². The van der Waals surface area contributed by atoms with E-state index >= 15 is 0 Å². The lowest BCUT2D eigenvalue weighted by Gasteiger charge is -2.31. The van der Waals surface area contributed by atoms with Gasteiger partial charge in [0.15, 0.2) is 0 Å². The number of rotatable bonds is 5. The van der Waals surface area contributed by atoms with E-state index in [1.807, 2.05) is 0 Å². The molecule has 0 aliphatic rings. The first-order valence-electron chi connectivity index (χ1n) is 5.00. The molecule has 0 atom stereocenters. The van der Waals surface area contributed by atoms with Gasteiger partial charge in [-0.3, -0.25) is 4.98 Å². The standard InChI is InChI=1S/C10H18N4/c1-3-10(4-2,8-11)14-9-7-12-5-6-13-9/h5-7H,3-4,8,11H2,1-2H3,(H,13,14). The zero-order chi connectivity index (χ0) is 10.4. The van der Waals surface area contributed by atoms with Gasteiger partial charge in [0.2, 0.25) is 0 Å². The number of nitrogens with two attached hydrogens (primary N) is 1. The Morgan fingerprint density at radius 1 is 1.36 bits per heavy atom. The molecule has 0 spiro atoms. The molecule has 0 saturated carbocycles. The van der Waals surface area contributed by atoms with Crippen LogP contribution in [0, 0.1) is 0 Å². The molecule has 78 valence electrons. The van der Waals surface area contributed by atoms with Crippen molar-refractivity contribution in [3.63, 3.8) is 0 Å². The molecule has 0 bridgehead atoms. The second kappa shape index (κ2) is 4.91. The molecule has 14 heavy (non-hydrogen) atoms. The summed E-state index contributed by atoms with van der Waals surface area (Å²) in [5.74, 6) is 0.793. The van der Waals surface area contributed by atoms with Crippen LogP contribution in [0.4, 0.5) is 5.82 Å². The van der Waals surface area contributed by atoms with Gasteiger partial charge in [-0.15, -0.1) is 0 Å². The summed E-state index contributed by atoms with van der Waals surface area (Å²) in [5, 5.41) is 3.34. The van der Waals surface area contributed by atoms with E-state index in [1.165, 1.54) is 0 Å². The summed E-state index contributed by atoms with van der Waals surface area (Å²) in [6.07, 6.45) is 7.02. The van der Waals surface area contributed by atoms with Crippen molar-refractivity contribution < 1.29 is 0 Å². The minimum absolute atomic E-state index is 0.0456. The molecule has 0 amide bonds. The SMILES string of the molecule is CCC(CC)(CN)Nc1cnccn1. The summed E-state index contributed by atoms with van der Waals surface area (Å²) in [4.78, 5) is 8.18. The fourth-order valence-corrected chi connectivity index (χ4v) is 1.40. The van der Waals surface area contributed by atoms with Gasteiger partial charge in [0, 0.05) is 18.9 Å². The van der Waals surface area contributed by atoms with E-state index in [1.54, 1.807) is 18.6 Å². The Labute approximate surface area is 85.0 Å². The van der Waals surface area contributed by atoms with Crippen LogP contribution in [-0.4, -0.2) is 22.1 Å². The van der Waals surface area contributed by atoms with Gasteiger partial charge in [-0.1, -0.05) is 13.8 Å². The van der Waals surface area contributed by atoms with Crippen molar-refractivity contribution in [3.05, 3.63) is 18.6 Å². The third-order valence-corrected chi connectivity index (χ3v) is 2.70. The van der Waals surface area contributed by atoms with Gasteiger partial charge < -0.3 is 11.1 Å². The Kier molecular flexibility index (Phi) is 3.83. The fourth-order valence-electron chi connectivity index (χ4n) is 1.40. The Hall–Kier alpha value is -1.16. The second-order valence-corrected chi connectivity index (χ2v) is 3.41. The smallest absolute Gasteiger partial charge is 0.144 e. The Balaban J connectivity index is 2.74. The molecule has 4 heteroatoms. The summed E-state index contributed by atoms with van der Waals surface area (Å²) in [6, 6.07) is 0. The van der Waals surface area contributed by atoms with Gasteiger partial charge in [-0.2, -0.15) is 0 Å². The molecule has 0 fully saturated rings. The average Bonchev–Trinajstić information content (AvgIpc) is 2.28. The van der Waals surface area contributed by atoms with E-state index in [9.17, 15) is 0 Å². The topological polar surface area (TPSA) is 63.8 Å². The van der Waals surface area contributed by atoms with Crippen molar-refractivity contribution in [3.8, 4) is 0 Å². The van der Waals surface area contributed by atoms with Crippen LogP contribution in [0.2, 0.25) is 0 Å². The van der Waals surface area contributed by atoms with Gasteiger partial charge in [0.05, 0.1) is 11.7 Å². The first-order chi connectivity index (χ1) is 6.76. The highest BCUT2D eigenvalue weighted by Gasteiger charge is 2.24. The lowest BCUT2D eigenvalue weighted by atomic mass is 9.93. The first-order valence-corrected chi connectivity index (χ1v) is 5.00. The number of hydrogen-bond donors (Lipinski definition) is 2.